The Morgan fingerprint density at radius 1 is 0.758 bits per heavy atom. The summed E-state index contributed by atoms with van der Waals surface area (Å²) < 4.78 is 11.3. The zero-order valence-corrected chi connectivity index (χ0v) is 17.1. The second-order valence-corrected chi connectivity index (χ2v) is 8.15. The van der Waals surface area contributed by atoms with E-state index in [-0.39, 0.29) is 53.1 Å². The van der Waals surface area contributed by atoms with Crippen molar-refractivity contribution in [1.29, 1.82) is 0 Å². The second-order valence-electron chi connectivity index (χ2n) is 8.15. The van der Waals surface area contributed by atoms with Gasteiger partial charge in [0.25, 0.3) is 0 Å². The Hall–Kier alpha value is -4.11. The van der Waals surface area contributed by atoms with Crippen molar-refractivity contribution in [3.63, 3.8) is 0 Å². The number of hydrogen-bond acceptors (Lipinski definition) is 9. The number of benzene rings is 3. The van der Waals surface area contributed by atoms with E-state index >= 15 is 0 Å². The molecule has 3 atom stereocenters. The third kappa shape index (κ3) is 3.42. The quantitative estimate of drug-likeness (QED) is 0.195. The van der Waals surface area contributed by atoms with Gasteiger partial charge in [0.2, 0.25) is 0 Å². The van der Waals surface area contributed by atoms with E-state index < -0.39 is 24.1 Å². The highest BCUT2D eigenvalue weighted by molar-refractivity contribution is 5.80. The van der Waals surface area contributed by atoms with Crippen LogP contribution in [0.25, 0.3) is 0 Å². The zero-order valence-electron chi connectivity index (χ0n) is 17.1. The van der Waals surface area contributed by atoms with Crippen molar-refractivity contribution < 1.29 is 44.9 Å². The average Bonchev–Trinajstić information content (AvgIpc) is 2.77. The monoisotopic (exact) mass is 452 g/mol. The first-order chi connectivity index (χ1) is 15.7. The molecule has 0 spiro atoms. The van der Waals surface area contributed by atoms with Crippen molar-refractivity contribution in [3.8, 4) is 40.2 Å². The Labute approximate surface area is 187 Å². The number of aliphatic hydroxyl groups is 1. The Bertz CT molecular complexity index is 1280. The lowest BCUT2D eigenvalue weighted by Crippen LogP contribution is -2.31. The maximum atomic E-state index is 12.3. The van der Waals surface area contributed by atoms with Crippen molar-refractivity contribution in [2.45, 2.75) is 31.0 Å². The molecule has 0 amide bonds. The fourth-order valence-corrected chi connectivity index (χ4v) is 4.42. The van der Waals surface area contributed by atoms with Crippen LogP contribution in [0.1, 0.15) is 40.7 Å². The van der Waals surface area contributed by atoms with Crippen LogP contribution in [0, 0.1) is 0 Å². The number of aromatic hydroxyl groups is 5. The van der Waals surface area contributed by atoms with Gasteiger partial charge in [-0.15, -0.1) is 0 Å². The molecule has 0 radical (unpaired) electrons. The summed E-state index contributed by atoms with van der Waals surface area (Å²) in [7, 11) is 0. The van der Waals surface area contributed by atoms with Gasteiger partial charge in [-0.1, -0.05) is 12.1 Å². The van der Waals surface area contributed by atoms with Crippen LogP contribution in [-0.2, 0) is 11.2 Å². The van der Waals surface area contributed by atoms with Crippen LogP contribution in [-0.4, -0.2) is 42.7 Å². The molecule has 2 aliphatic rings. The van der Waals surface area contributed by atoms with Gasteiger partial charge in [0, 0.05) is 29.5 Å². The van der Waals surface area contributed by atoms with Gasteiger partial charge in [-0.05, 0) is 35.4 Å². The average molecular weight is 452 g/mol. The molecule has 6 N–H and O–H groups in total. The number of phenols is 5. The van der Waals surface area contributed by atoms with Gasteiger partial charge in [-0.2, -0.15) is 0 Å². The molecule has 2 aliphatic heterocycles. The van der Waals surface area contributed by atoms with E-state index in [0.29, 0.717) is 22.3 Å². The maximum Gasteiger partial charge on any atom is 0.312 e. The number of phenolic OH excluding ortho intramolecular Hbond substituents is 5. The summed E-state index contributed by atoms with van der Waals surface area (Å²) in [5.74, 6) is -2.44. The Balaban J connectivity index is 1.58. The first kappa shape index (κ1) is 20.8. The highest BCUT2D eigenvalue weighted by Crippen LogP contribution is 2.51. The predicted molar refractivity (Wildman–Crippen MR) is 113 cm³/mol. The lowest BCUT2D eigenvalue weighted by Gasteiger charge is -2.34. The molecule has 2 heterocycles. The Morgan fingerprint density at radius 2 is 1.39 bits per heavy atom. The van der Waals surface area contributed by atoms with E-state index in [1.807, 2.05) is 0 Å². The van der Waals surface area contributed by atoms with Gasteiger partial charge in [-0.25, -0.2) is 0 Å². The molecule has 0 unspecified atom stereocenters. The lowest BCUT2D eigenvalue weighted by atomic mass is 9.83. The number of carbonyl (C=O) groups is 1. The summed E-state index contributed by atoms with van der Waals surface area (Å²) in [6.07, 6.45) is -2.05. The van der Waals surface area contributed by atoms with Crippen LogP contribution in [0.15, 0.2) is 42.5 Å². The van der Waals surface area contributed by atoms with E-state index in [2.05, 4.69) is 0 Å². The summed E-state index contributed by atoms with van der Waals surface area (Å²) in [4.78, 5) is 12.3. The molecule has 33 heavy (non-hydrogen) atoms. The molecule has 3 aromatic carbocycles. The number of ether oxygens (including phenoxy) is 2. The van der Waals surface area contributed by atoms with Crippen LogP contribution in [0.4, 0.5) is 0 Å². The van der Waals surface area contributed by atoms with Crippen LogP contribution in [0.3, 0.4) is 0 Å². The summed E-state index contributed by atoms with van der Waals surface area (Å²) in [6, 6.07) is 9.68. The van der Waals surface area contributed by atoms with Gasteiger partial charge in [0.1, 0.15) is 23.4 Å². The number of rotatable bonds is 2. The Morgan fingerprint density at radius 3 is 2.06 bits per heavy atom. The molecular weight excluding hydrogens is 432 g/mol. The smallest absolute Gasteiger partial charge is 0.312 e. The number of carbonyl (C=O) groups excluding carboxylic acids is 1. The van der Waals surface area contributed by atoms with Gasteiger partial charge in [0.05, 0.1) is 12.5 Å². The zero-order chi connectivity index (χ0) is 23.4. The standard InChI is InChI=1S/C24H20O9/c25-14-3-1-10(5-16(14)27)12-8-21(30)32-20-9-19-13(23(31)22(12)20)7-18(29)24(33-19)11-2-4-15(26)17(28)6-11/h1-6,9,12,18,24-29,31H,7-8H2/t12-,18+,24+/m0/s1. The lowest BCUT2D eigenvalue weighted by molar-refractivity contribution is -0.135. The van der Waals surface area contributed by atoms with Crippen molar-refractivity contribution in [2.24, 2.45) is 0 Å². The molecule has 3 aromatic rings. The number of esters is 1. The topological polar surface area (TPSA) is 157 Å². The van der Waals surface area contributed by atoms with Gasteiger partial charge in [0.15, 0.2) is 23.0 Å². The minimum Gasteiger partial charge on any atom is -0.507 e. The van der Waals surface area contributed by atoms with E-state index in [1.165, 1.54) is 36.4 Å². The van der Waals surface area contributed by atoms with Crippen molar-refractivity contribution in [3.05, 3.63) is 64.7 Å². The highest BCUT2D eigenvalue weighted by Gasteiger charge is 2.38. The first-order valence-corrected chi connectivity index (χ1v) is 10.2. The molecular formula is C24H20O9. The molecule has 0 saturated carbocycles. The molecule has 5 rings (SSSR count). The number of fused-ring (bicyclic) bond motifs is 2. The van der Waals surface area contributed by atoms with Crippen molar-refractivity contribution in [2.75, 3.05) is 0 Å². The van der Waals surface area contributed by atoms with Crippen LogP contribution >= 0.6 is 0 Å². The molecule has 0 saturated heterocycles. The first-order valence-electron chi connectivity index (χ1n) is 10.2. The number of aliphatic hydroxyl groups excluding tert-OH is 1. The molecule has 0 aliphatic carbocycles. The molecule has 0 fully saturated rings. The molecule has 0 aromatic heterocycles. The molecule has 9 nitrogen and oxygen atoms in total. The SMILES string of the molecule is O=C1C[C@@H](c2ccc(O)c(O)c2)c2c(cc3c(c2O)C[C@@H](O)[C@@H](c2ccc(O)c(O)c2)O3)O1. The minimum absolute atomic E-state index is 0.0161. The van der Waals surface area contributed by atoms with Crippen LogP contribution in [0.5, 0.6) is 40.2 Å². The molecule has 0 bridgehead atoms. The fraction of sp³-hybridized carbons (Fsp3) is 0.208. The maximum absolute atomic E-state index is 12.3. The molecule has 9 heteroatoms. The minimum atomic E-state index is -1.08. The Kier molecular flexibility index (Phi) is 4.71. The molecule has 170 valence electrons. The van der Waals surface area contributed by atoms with E-state index in [1.54, 1.807) is 6.07 Å². The fourth-order valence-electron chi connectivity index (χ4n) is 4.42. The second kappa shape index (κ2) is 7.49. The summed E-state index contributed by atoms with van der Waals surface area (Å²) in [5, 5.41) is 60.7. The largest absolute Gasteiger partial charge is 0.507 e. The van der Waals surface area contributed by atoms with Gasteiger partial charge >= 0.3 is 5.97 Å². The third-order valence-corrected chi connectivity index (χ3v) is 6.06. The van der Waals surface area contributed by atoms with Crippen LogP contribution < -0.4 is 9.47 Å². The summed E-state index contributed by atoms with van der Waals surface area (Å²) >= 11 is 0. The van der Waals surface area contributed by atoms with E-state index in [9.17, 15) is 35.4 Å². The van der Waals surface area contributed by atoms with Crippen molar-refractivity contribution >= 4 is 5.97 Å². The van der Waals surface area contributed by atoms with Gasteiger partial charge < -0.3 is 40.1 Å². The van der Waals surface area contributed by atoms with E-state index in [4.69, 9.17) is 9.47 Å². The summed E-state index contributed by atoms with van der Waals surface area (Å²) in [5.41, 5.74) is 1.55. The van der Waals surface area contributed by atoms with E-state index in [0.717, 1.165) is 0 Å². The van der Waals surface area contributed by atoms with Gasteiger partial charge in [-0.3, -0.25) is 4.79 Å². The predicted octanol–water partition coefficient (Wildman–Crippen LogP) is 2.69. The third-order valence-electron chi connectivity index (χ3n) is 6.06. The highest BCUT2D eigenvalue weighted by atomic mass is 16.5. The normalized spacial score (nSPS) is 21.5. The van der Waals surface area contributed by atoms with Crippen molar-refractivity contribution in [1.82, 2.24) is 0 Å². The summed E-state index contributed by atoms with van der Waals surface area (Å²) in [6.45, 7) is 0. The number of hydrogen-bond donors (Lipinski definition) is 6. The van der Waals surface area contributed by atoms with Crippen LogP contribution in [0.2, 0.25) is 0 Å².